The summed E-state index contributed by atoms with van der Waals surface area (Å²) in [6.45, 7) is 4.71. The van der Waals surface area contributed by atoms with Crippen LogP contribution in [0.2, 0.25) is 0 Å². The van der Waals surface area contributed by atoms with Crippen molar-refractivity contribution in [3.63, 3.8) is 0 Å². The third-order valence-electron chi connectivity index (χ3n) is 6.40. The lowest BCUT2D eigenvalue weighted by Gasteiger charge is -2.26. The predicted octanol–water partition coefficient (Wildman–Crippen LogP) is 4.22. The minimum absolute atomic E-state index is 0.0595. The number of alkyl carbamates (subject to hydrolysis) is 1. The van der Waals surface area contributed by atoms with E-state index in [1.54, 1.807) is 63.2 Å². The van der Waals surface area contributed by atoms with E-state index in [4.69, 9.17) is 9.47 Å². The summed E-state index contributed by atoms with van der Waals surface area (Å²) in [6, 6.07) is 22.6. The van der Waals surface area contributed by atoms with Crippen molar-refractivity contribution in [1.29, 1.82) is 0 Å². The van der Waals surface area contributed by atoms with Crippen LogP contribution in [-0.4, -0.2) is 50.7 Å². The van der Waals surface area contributed by atoms with Gasteiger partial charge in [-0.05, 0) is 49.6 Å². The summed E-state index contributed by atoms with van der Waals surface area (Å²) in [4.78, 5) is 39.6. The van der Waals surface area contributed by atoms with Crippen molar-refractivity contribution in [3.8, 4) is 0 Å². The van der Waals surface area contributed by atoms with Crippen molar-refractivity contribution in [2.24, 2.45) is 0 Å². The molecule has 0 saturated carbocycles. The van der Waals surface area contributed by atoms with Crippen molar-refractivity contribution in [2.45, 2.75) is 56.2 Å². The molecule has 42 heavy (non-hydrogen) atoms. The van der Waals surface area contributed by atoms with Crippen LogP contribution in [0.15, 0.2) is 94.7 Å². The predicted molar refractivity (Wildman–Crippen MR) is 158 cm³/mol. The number of nitrogens with one attached hydrogen (secondary N) is 2. The van der Waals surface area contributed by atoms with Gasteiger partial charge in [-0.3, -0.25) is 4.79 Å². The average molecular weight is 591 g/mol. The number of amides is 2. The Labute approximate surface area is 245 Å². The molecular weight excluding hydrogens is 556 g/mol. The van der Waals surface area contributed by atoms with Crippen LogP contribution < -0.4 is 10.6 Å². The molecule has 0 unspecified atom stereocenters. The van der Waals surface area contributed by atoms with Gasteiger partial charge < -0.3 is 20.1 Å². The van der Waals surface area contributed by atoms with Crippen molar-refractivity contribution >= 4 is 33.9 Å². The number of sulfone groups is 1. The highest BCUT2D eigenvalue weighted by Crippen LogP contribution is 2.32. The summed E-state index contributed by atoms with van der Waals surface area (Å²) in [5, 5.41) is 5.29. The molecule has 2 N–H and O–H groups in total. The zero-order valence-electron chi connectivity index (χ0n) is 23.7. The van der Waals surface area contributed by atoms with Crippen LogP contribution in [0.3, 0.4) is 0 Å². The van der Waals surface area contributed by atoms with Gasteiger partial charge in [0.25, 0.3) is 0 Å². The molecule has 3 aromatic carbocycles. The first kappa shape index (κ1) is 30.5. The maximum absolute atomic E-state index is 13.6. The monoisotopic (exact) mass is 590 g/mol. The smallest absolute Gasteiger partial charge is 0.408 e. The summed E-state index contributed by atoms with van der Waals surface area (Å²) >= 11 is 0. The van der Waals surface area contributed by atoms with Crippen LogP contribution >= 0.6 is 0 Å². The van der Waals surface area contributed by atoms with E-state index in [0.717, 1.165) is 11.1 Å². The van der Waals surface area contributed by atoms with Gasteiger partial charge in [-0.15, -0.1) is 0 Å². The third-order valence-corrected chi connectivity index (χ3v) is 8.27. The quantitative estimate of drug-likeness (QED) is 0.339. The molecule has 2 amide bonds. The van der Waals surface area contributed by atoms with E-state index in [1.807, 2.05) is 36.4 Å². The summed E-state index contributed by atoms with van der Waals surface area (Å²) in [7, 11) is -3.78. The number of hydrogen-bond acceptors (Lipinski definition) is 7. The fourth-order valence-corrected chi connectivity index (χ4v) is 5.90. The molecule has 0 radical (unpaired) electrons. The van der Waals surface area contributed by atoms with Gasteiger partial charge in [0.2, 0.25) is 15.7 Å². The SMILES string of the molecule is CC(C)(C)OC(=O)[C@H](Cc1ccccc1)NC(=O)[C@H](Cc1ccccc1)NC(=O)OCC1=Cc2ccccc2S1(=O)=O. The van der Waals surface area contributed by atoms with Crippen molar-refractivity contribution < 1.29 is 32.3 Å². The molecule has 1 aliphatic rings. The van der Waals surface area contributed by atoms with Gasteiger partial charge in [-0.1, -0.05) is 78.9 Å². The lowest BCUT2D eigenvalue weighted by Crippen LogP contribution is -2.54. The highest BCUT2D eigenvalue weighted by atomic mass is 32.2. The molecule has 9 nitrogen and oxygen atoms in total. The van der Waals surface area contributed by atoms with E-state index in [9.17, 15) is 22.8 Å². The van der Waals surface area contributed by atoms with Crippen molar-refractivity contribution in [1.82, 2.24) is 10.6 Å². The second-order valence-corrected chi connectivity index (χ2v) is 12.9. The van der Waals surface area contributed by atoms with Gasteiger partial charge in [0.05, 0.1) is 9.80 Å². The molecule has 0 spiro atoms. The van der Waals surface area contributed by atoms with E-state index in [2.05, 4.69) is 10.6 Å². The molecule has 2 atom stereocenters. The van der Waals surface area contributed by atoms with Gasteiger partial charge in [-0.25, -0.2) is 18.0 Å². The lowest BCUT2D eigenvalue weighted by molar-refractivity contribution is -0.158. The molecule has 0 aromatic heterocycles. The maximum atomic E-state index is 13.6. The van der Waals surface area contributed by atoms with Gasteiger partial charge in [0.15, 0.2) is 0 Å². The fourth-order valence-electron chi connectivity index (χ4n) is 4.42. The molecule has 3 aromatic rings. The highest BCUT2D eigenvalue weighted by molar-refractivity contribution is 7.95. The summed E-state index contributed by atoms with van der Waals surface area (Å²) in [6.07, 6.45) is 0.758. The minimum atomic E-state index is -3.78. The first-order valence-electron chi connectivity index (χ1n) is 13.5. The summed E-state index contributed by atoms with van der Waals surface area (Å²) < 4.78 is 36.5. The topological polar surface area (TPSA) is 128 Å². The average Bonchev–Trinajstić information content (AvgIpc) is 3.20. The van der Waals surface area contributed by atoms with Crippen LogP contribution in [0.1, 0.15) is 37.5 Å². The number of hydrogen-bond donors (Lipinski definition) is 2. The van der Waals surface area contributed by atoms with Crippen LogP contribution in [0, 0.1) is 0 Å². The van der Waals surface area contributed by atoms with E-state index in [0.29, 0.717) is 5.56 Å². The number of benzene rings is 3. The Morgan fingerprint density at radius 3 is 1.88 bits per heavy atom. The number of fused-ring (bicyclic) bond motifs is 1. The number of carbonyl (C=O) groups excluding carboxylic acids is 3. The van der Waals surface area contributed by atoms with Crippen LogP contribution in [0.4, 0.5) is 4.79 Å². The number of rotatable bonds is 10. The molecule has 0 aliphatic carbocycles. The standard InChI is InChI=1S/C32H34N2O7S/c1-32(2,3)41-30(36)27(19-23-14-8-5-9-15-23)33-29(35)26(18-22-12-6-4-7-13-22)34-31(37)40-21-25-20-24-16-10-11-17-28(24)42(25,38)39/h4-17,20,26-27H,18-19,21H2,1-3H3,(H,33,35)(H,34,37)/t26-,27-/m0/s1. The second kappa shape index (κ2) is 13.0. The molecule has 1 heterocycles. The van der Waals surface area contributed by atoms with Gasteiger partial charge >= 0.3 is 12.1 Å². The first-order chi connectivity index (χ1) is 19.9. The summed E-state index contributed by atoms with van der Waals surface area (Å²) in [5.74, 6) is -1.23. The minimum Gasteiger partial charge on any atom is -0.458 e. The molecule has 0 bridgehead atoms. The van der Waals surface area contributed by atoms with Gasteiger partial charge in [0.1, 0.15) is 24.3 Å². The zero-order chi connectivity index (χ0) is 30.3. The molecule has 1 aliphatic heterocycles. The van der Waals surface area contributed by atoms with E-state index >= 15 is 0 Å². The Kier molecular flexibility index (Phi) is 9.47. The van der Waals surface area contributed by atoms with Crippen LogP contribution in [0.25, 0.3) is 6.08 Å². The van der Waals surface area contributed by atoms with E-state index in [-0.39, 0.29) is 22.6 Å². The molecule has 4 rings (SSSR count). The van der Waals surface area contributed by atoms with Gasteiger partial charge in [0, 0.05) is 12.8 Å². The Morgan fingerprint density at radius 1 is 0.762 bits per heavy atom. The van der Waals surface area contributed by atoms with Crippen LogP contribution in [0.5, 0.6) is 0 Å². The Bertz CT molecular complexity index is 1560. The molecule has 0 fully saturated rings. The van der Waals surface area contributed by atoms with E-state index in [1.165, 1.54) is 12.1 Å². The Hall–Kier alpha value is -4.44. The lowest BCUT2D eigenvalue weighted by atomic mass is 10.0. The van der Waals surface area contributed by atoms with Crippen molar-refractivity contribution in [2.75, 3.05) is 6.61 Å². The Morgan fingerprint density at radius 2 is 1.31 bits per heavy atom. The fraction of sp³-hybridized carbons (Fsp3) is 0.281. The molecule has 220 valence electrons. The van der Waals surface area contributed by atoms with Crippen LogP contribution in [-0.2, 0) is 41.7 Å². The number of carbonyl (C=O) groups is 3. The molecule has 0 saturated heterocycles. The van der Waals surface area contributed by atoms with E-state index < -0.39 is 52.1 Å². The zero-order valence-corrected chi connectivity index (χ0v) is 24.5. The number of esters is 1. The van der Waals surface area contributed by atoms with Gasteiger partial charge in [-0.2, -0.15) is 0 Å². The third kappa shape index (κ3) is 8.07. The summed E-state index contributed by atoms with van der Waals surface area (Å²) in [5.41, 5.74) is 1.31. The highest BCUT2D eigenvalue weighted by Gasteiger charge is 2.32. The normalized spacial score (nSPS) is 15.0. The largest absolute Gasteiger partial charge is 0.458 e. The second-order valence-electron chi connectivity index (χ2n) is 10.9. The maximum Gasteiger partial charge on any atom is 0.408 e. The number of ether oxygens (including phenoxy) is 2. The molecular formula is C32H34N2O7S. The Balaban J connectivity index is 1.49. The first-order valence-corrected chi connectivity index (χ1v) is 15.0. The molecule has 10 heteroatoms. The van der Waals surface area contributed by atoms with Crippen molar-refractivity contribution in [3.05, 3.63) is 107 Å².